The van der Waals surface area contributed by atoms with Gasteiger partial charge in [-0.15, -0.1) is 0 Å². The number of ketones is 1. The molecule has 2 unspecified atom stereocenters. The first-order valence-corrected chi connectivity index (χ1v) is 6.84. The van der Waals surface area contributed by atoms with Crippen LogP contribution in [-0.4, -0.2) is 11.7 Å². The zero-order chi connectivity index (χ0) is 12.3. The van der Waals surface area contributed by atoms with Gasteiger partial charge in [0, 0.05) is 24.2 Å². The molecule has 3 fully saturated rings. The van der Waals surface area contributed by atoms with Crippen molar-refractivity contribution < 1.29 is 13.6 Å². The van der Waals surface area contributed by atoms with Crippen LogP contribution in [0.5, 0.6) is 0 Å². The summed E-state index contributed by atoms with van der Waals surface area (Å²) in [4.78, 5) is 12.4. The largest absolute Gasteiger partial charge is 0.299 e. The molecule has 0 aromatic carbocycles. The fourth-order valence-corrected chi connectivity index (χ4v) is 4.68. The Morgan fingerprint density at radius 1 is 1.12 bits per heavy atom. The van der Waals surface area contributed by atoms with Gasteiger partial charge in [-0.1, -0.05) is 13.3 Å². The molecular weight excluding hydrogens is 222 g/mol. The lowest BCUT2D eigenvalue weighted by atomic mass is 9.67. The highest BCUT2D eigenvalue weighted by molar-refractivity contribution is 5.87. The Bertz CT molecular complexity index is 334. The Hall–Kier alpha value is -0.470. The van der Waals surface area contributed by atoms with E-state index in [0.29, 0.717) is 5.78 Å². The lowest BCUT2D eigenvalue weighted by molar-refractivity contribution is -0.136. The second-order valence-electron chi connectivity index (χ2n) is 6.63. The number of rotatable bonds is 0. The summed E-state index contributed by atoms with van der Waals surface area (Å²) in [6.45, 7) is 2.01. The van der Waals surface area contributed by atoms with E-state index in [-0.39, 0.29) is 36.0 Å². The van der Waals surface area contributed by atoms with Gasteiger partial charge in [0.1, 0.15) is 5.78 Å². The van der Waals surface area contributed by atoms with Crippen molar-refractivity contribution in [3.8, 4) is 0 Å². The molecule has 1 spiro atoms. The van der Waals surface area contributed by atoms with Gasteiger partial charge in [0.2, 0.25) is 5.92 Å². The van der Waals surface area contributed by atoms with E-state index >= 15 is 0 Å². The fraction of sp³-hybridized carbons (Fsp3) is 0.929. The molecule has 0 heterocycles. The highest BCUT2D eigenvalue weighted by Crippen LogP contribution is 2.60. The summed E-state index contributed by atoms with van der Waals surface area (Å²) in [5, 5.41) is 0. The first-order chi connectivity index (χ1) is 7.92. The molecule has 3 saturated carbocycles. The monoisotopic (exact) mass is 242 g/mol. The zero-order valence-corrected chi connectivity index (χ0v) is 10.3. The maximum absolute atomic E-state index is 13.3. The first kappa shape index (κ1) is 11.6. The van der Waals surface area contributed by atoms with Crippen molar-refractivity contribution in [2.75, 3.05) is 0 Å². The molecule has 0 aromatic rings. The van der Waals surface area contributed by atoms with Crippen LogP contribution in [0, 0.1) is 23.2 Å². The third-order valence-electron chi connectivity index (χ3n) is 5.36. The Labute approximate surface area is 101 Å². The number of carbonyl (C=O) groups is 1. The Morgan fingerprint density at radius 3 is 2.29 bits per heavy atom. The molecule has 0 radical (unpaired) electrons. The SMILES string of the molecule is CC1CCCC2(C[C@H]3CC(F)(F)C[C@H]3C2)C1=O. The second-order valence-corrected chi connectivity index (χ2v) is 6.63. The van der Waals surface area contributed by atoms with E-state index in [4.69, 9.17) is 0 Å². The van der Waals surface area contributed by atoms with Crippen molar-refractivity contribution in [3.05, 3.63) is 0 Å². The molecule has 96 valence electrons. The van der Waals surface area contributed by atoms with Gasteiger partial charge in [0.25, 0.3) is 0 Å². The van der Waals surface area contributed by atoms with Gasteiger partial charge in [-0.2, -0.15) is 0 Å². The zero-order valence-electron chi connectivity index (χ0n) is 10.3. The van der Waals surface area contributed by atoms with E-state index in [0.717, 1.165) is 32.1 Å². The molecule has 4 atom stereocenters. The number of hydrogen-bond donors (Lipinski definition) is 0. The average Bonchev–Trinajstić information content (AvgIpc) is 2.65. The Kier molecular flexibility index (Phi) is 2.40. The minimum Gasteiger partial charge on any atom is -0.299 e. The number of hydrogen-bond acceptors (Lipinski definition) is 1. The molecule has 0 aliphatic heterocycles. The molecule has 1 nitrogen and oxygen atoms in total. The van der Waals surface area contributed by atoms with Crippen LogP contribution >= 0.6 is 0 Å². The van der Waals surface area contributed by atoms with Crippen LogP contribution in [0.3, 0.4) is 0 Å². The molecular formula is C14H20F2O. The van der Waals surface area contributed by atoms with Gasteiger partial charge >= 0.3 is 0 Å². The maximum atomic E-state index is 13.3. The minimum absolute atomic E-state index is 0.0288. The van der Waals surface area contributed by atoms with Crippen molar-refractivity contribution in [2.45, 2.75) is 57.8 Å². The topological polar surface area (TPSA) is 17.1 Å². The summed E-state index contributed by atoms with van der Waals surface area (Å²) in [5.74, 6) is -1.71. The van der Waals surface area contributed by atoms with Crippen LogP contribution in [0.15, 0.2) is 0 Å². The third kappa shape index (κ3) is 1.73. The van der Waals surface area contributed by atoms with E-state index in [1.807, 2.05) is 6.92 Å². The predicted octanol–water partition coefficient (Wildman–Crippen LogP) is 3.82. The van der Waals surface area contributed by atoms with Gasteiger partial charge in [-0.25, -0.2) is 8.78 Å². The number of alkyl halides is 2. The smallest absolute Gasteiger partial charge is 0.248 e. The summed E-state index contributed by atoms with van der Waals surface area (Å²) < 4.78 is 26.6. The number of fused-ring (bicyclic) bond motifs is 1. The van der Waals surface area contributed by atoms with Crippen molar-refractivity contribution in [3.63, 3.8) is 0 Å². The molecule has 0 bridgehead atoms. The van der Waals surface area contributed by atoms with Crippen LogP contribution in [-0.2, 0) is 4.79 Å². The number of carbonyl (C=O) groups excluding carboxylic acids is 1. The molecule has 0 amide bonds. The van der Waals surface area contributed by atoms with Crippen molar-refractivity contribution in [1.29, 1.82) is 0 Å². The average molecular weight is 242 g/mol. The number of halogens is 2. The molecule has 0 N–H and O–H groups in total. The van der Waals surface area contributed by atoms with Gasteiger partial charge < -0.3 is 0 Å². The standard InChI is InChI=1S/C14H20F2O/c1-9-3-2-4-13(12(9)17)5-10-7-14(15,16)8-11(10)6-13/h9-11H,2-8H2,1H3/t9?,10-,11+,13?. The van der Waals surface area contributed by atoms with Crippen LogP contribution in [0.25, 0.3) is 0 Å². The summed E-state index contributed by atoms with van der Waals surface area (Å²) in [6.07, 6.45) is 4.60. The number of Topliss-reactive ketones (excluding diaryl/α,β-unsaturated/α-hetero) is 1. The molecule has 0 saturated heterocycles. The normalized spacial score (nSPS) is 48.6. The van der Waals surface area contributed by atoms with Crippen LogP contribution in [0.2, 0.25) is 0 Å². The fourth-order valence-electron chi connectivity index (χ4n) is 4.68. The van der Waals surface area contributed by atoms with Gasteiger partial charge in [0.15, 0.2) is 0 Å². The molecule has 3 rings (SSSR count). The summed E-state index contributed by atoms with van der Waals surface area (Å²) in [6, 6.07) is 0. The van der Waals surface area contributed by atoms with Gasteiger partial charge in [0.05, 0.1) is 0 Å². The van der Waals surface area contributed by atoms with E-state index in [9.17, 15) is 13.6 Å². The van der Waals surface area contributed by atoms with E-state index in [1.165, 1.54) is 0 Å². The Morgan fingerprint density at radius 2 is 1.71 bits per heavy atom. The summed E-state index contributed by atoms with van der Waals surface area (Å²) in [5.41, 5.74) is -0.205. The highest BCUT2D eigenvalue weighted by Gasteiger charge is 2.58. The summed E-state index contributed by atoms with van der Waals surface area (Å²) >= 11 is 0. The van der Waals surface area contributed by atoms with E-state index < -0.39 is 5.92 Å². The van der Waals surface area contributed by atoms with Crippen molar-refractivity contribution in [2.24, 2.45) is 23.2 Å². The van der Waals surface area contributed by atoms with Crippen LogP contribution in [0.1, 0.15) is 51.9 Å². The molecule has 17 heavy (non-hydrogen) atoms. The van der Waals surface area contributed by atoms with Gasteiger partial charge in [-0.05, 0) is 37.5 Å². The van der Waals surface area contributed by atoms with Gasteiger partial charge in [-0.3, -0.25) is 4.79 Å². The predicted molar refractivity (Wildman–Crippen MR) is 60.9 cm³/mol. The lowest BCUT2D eigenvalue weighted by Gasteiger charge is -2.36. The third-order valence-corrected chi connectivity index (χ3v) is 5.36. The van der Waals surface area contributed by atoms with Crippen LogP contribution < -0.4 is 0 Å². The van der Waals surface area contributed by atoms with Crippen molar-refractivity contribution >= 4 is 5.78 Å². The molecule has 0 aromatic heterocycles. The van der Waals surface area contributed by atoms with E-state index in [1.54, 1.807) is 0 Å². The first-order valence-electron chi connectivity index (χ1n) is 6.84. The quantitative estimate of drug-likeness (QED) is 0.631. The Balaban J connectivity index is 1.79. The molecule has 3 heteroatoms. The van der Waals surface area contributed by atoms with Crippen molar-refractivity contribution in [1.82, 2.24) is 0 Å². The highest BCUT2D eigenvalue weighted by atomic mass is 19.3. The lowest BCUT2D eigenvalue weighted by Crippen LogP contribution is -2.37. The molecule has 3 aliphatic rings. The second kappa shape index (κ2) is 3.52. The molecule has 3 aliphatic carbocycles. The van der Waals surface area contributed by atoms with E-state index in [2.05, 4.69) is 0 Å². The minimum atomic E-state index is -2.46. The summed E-state index contributed by atoms with van der Waals surface area (Å²) in [7, 11) is 0. The van der Waals surface area contributed by atoms with Crippen LogP contribution in [0.4, 0.5) is 8.78 Å². The maximum Gasteiger partial charge on any atom is 0.248 e.